The Kier molecular flexibility index (Phi) is 6.58. The van der Waals surface area contributed by atoms with Crippen LogP contribution in [0.4, 0.5) is 17.1 Å². The Balaban J connectivity index is 1.15. The summed E-state index contributed by atoms with van der Waals surface area (Å²) >= 11 is 0. The van der Waals surface area contributed by atoms with E-state index in [1.54, 1.807) is 0 Å². The van der Waals surface area contributed by atoms with Crippen LogP contribution in [-0.2, 0) is 0 Å². The van der Waals surface area contributed by atoms with Crippen LogP contribution in [0.3, 0.4) is 0 Å². The summed E-state index contributed by atoms with van der Waals surface area (Å²) in [4.78, 5) is 10.3. The minimum absolute atomic E-state index is 0.605. The molecule has 0 N–H and O–H groups in total. The maximum atomic E-state index is 14.8. The maximum absolute atomic E-state index is 14.8. The molecule has 5 nitrogen and oxygen atoms in total. The number of para-hydroxylation sites is 3. The normalized spacial score (nSPS) is 14.8. The number of fused-ring (bicyclic) bond motifs is 6. The first kappa shape index (κ1) is 29.3. The minimum Gasteiger partial charge on any atom is -0.616 e. The lowest BCUT2D eigenvalue weighted by atomic mass is 9.98. The molecule has 0 spiro atoms. The molecule has 0 radical (unpaired) electrons. The highest BCUT2D eigenvalue weighted by atomic mass is 16.5. The lowest BCUT2D eigenvalue weighted by molar-refractivity contribution is 0.710. The van der Waals surface area contributed by atoms with Crippen molar-refractivity contribution in [2.45, 2.75) is 0 Å². The summed E-state index contributed by atoms with van der Waals surface area (Å²) in [6, 6.07) is 61.5. The molecule has 7 aromatic carbocycles. The number of hydrogen-bond donors (Lipinski definition) is 0. The van der Waals surface area contributed by atoms with Gasteiger partial charge < -0.3 is 5.21 Å². The highest BCUT2D eigenvalue weighted by Crippen LogP contribution is 2.57. The van der Waals surface area contributed by atoms with Crippen LogP contribution < -0.4 is 4.65 Å². The average molecular weight is 655 g/mol. The van der Waals surface area contributed by atoms with Gasteiger partial charge in [-0.15, -0.1) is 0 Å². The molecule has 0 amide bonds. The van der Waals surface area contributed by atoms with Gasteiger partial charge in [-0.1, -0.05) is 115 Å². The second-order valence-electron chi connectivity index (χ2n) is 12.9. The molecule has 9 aromatic rings. The lowest BCUT2D eigenvalue weighted by Crippen LogP contribution is -2.28. The van der Waals surface area contributed by atoms with Crippen LogP contribution in [0.5, 0.6) is 0 Å². The van der Waals surface area contributed by atoms with Crippen molar-refractivity contribution in [3.8, 4) is 50.7 Å². The van der Waals surface area contributed by atoms with Crippen LogP contribution in [0.2, 0.25) is 0 Å². The Morgan fingerprint density at radius 3 is 1.69 bits per heavy atom. The van der Waals surface area contributed by atoms with Crippen molar-refractivity contribution in [1.82, 2.24) is 19.2 Å². The van der Waals surface area contributed by atoms with Gasteiger partial charge in [0.1, 0.15) is 5.69 Å². The molecule has 1 aliphatic heterocycles. The number of quaternary nitrogens is 1. The van der Waals surface area contributed by atoms with Crippen LogP contribution in [0.1, 0.15) is 0 Å². The SMILES string of the molecule is [O-][N+]1(c2ccccc2)c2ccccc2-c2cc(-c3ccc4c(c3)c3ccccc3n4-c3nc(-c4ccccc4)cc(-c4ccccc4)n3)ccc21. The van der Waals surface area contributed by atoms with E-state index in [9.17, 15) is 5.21 Å². The molecular formula is C46H30N4O. The van der Waals surface area contributed by atoms with E-state index in [-0.39, 0.29) is 0 Å². The van der Waals surface area contributed by atoms with Gasteiger partial charge in [-0.25, -0.2) is 9.97 Å². The lowest BCUT2D eigenvalue weighted by Gasteiger charge is -2.38. The van der Waals surface area contributed by atoms with E-state index in [4.69, 9.17) is 9.97 Å². The quantitative estimate of drug-likeness (QED) is 0.137. The van der Waals surface area contributed by atoms with E-state index >= 15 is 0 Å². The summed E-state index contributed by atoms with van der Waals surface area (Å²) in [5.74, 6) is 0.619. The predicted octanol–water partition coefficient (Wildman–Crippen LogP) is 12.0. The first-order chi connectivity index (χ1) is 25.2. The molecule has 1 aliphatic rings. The van der Waals surface area contributed by atoms with Crippen LogP contribution in [-0.4, -0.2) is 14.5 Å². The van der Waals surface area contributed by atoms with Gasteiger partial charge >= 0.3 is 0 Å². The molecule has 0 saturated heterocycles. The summed E-state index contributed by atoms with van der Waals surface area (Å²) in [5.41, 5.74) is 12.1. The number of hydrogen-bond acceptors (Lipinski definition) is 3. The van der Waals surface area contributed by atoms with Crippen LogP contribution in [0.15, 0.2) is 182 Å². The molecule has 51 heavy (non-hydrogen) atoms. The smallest absolute Gasteiger partial charge is 0.235 e. The largest absolute Gasteiger partial charge is 0.616 e. The number of nitrogens with zero attached hydrogens (tertiary/aromatic N) is 4. The molecule has 1 unspecified atom stereocenters. The Bertz CT molecular complexity index is 2700. The molecule has 0 aliphatic carbocycles. The van der Waals surface area contributed by atoms with Crippen molar-refractivity contribution in [3.63, 3.8) is 0 Å². The van der Waals surface area contributed by atoms with Gasteiger partial charge in [0, 0.05) is 51.7 Å². The Morgan fingerprint density at radius 1 is 0.412 bits per heavy atom. The highest BCUT2D eigenvalue weighted by Gasteiger charge is 2.39. The van der Waals surface area contributed by atoms with Gasteiger partial charge in [-0.05, 0) is 53.6 Å². The van der Waals surface area contributed by atoms with Crippen LogP contribution >= 0.6 is 0 Å². The molecule has 10 rings (SSSR count). The molecule has 2 aromatic heterocycles. The van der Waals surface area contributed by atoms with Crippen molar-refractivity contribution in [1.29, 1.82) is 0 Å². The summed E-state index contributed by atoms with van der Waals surface area (Å²) in [6.45, 7) is 0. The number of benzene rings is 7. The molecule has 3 heterocycles. The molecule has 1 atom stereocenters. The molecule has 0 fully saturated rings. The third-order valence-electron chi connectivity index (χ3n) is 10.0. The fourth-order valence-electron chi connectivity index (χ4n) is 7.64. The molecule has 5 heteroatoms. The second-order valence-corrected chi connectivity index (χ2v) is 12.9. The second kappa shape index (κ2) is 11.5. The van der Waals surface area contributed by atoms with E-state index < -0.39 is 4.65 Å². The Labute approximate surface area is 295 Å². The topological polar surface area (TPSA) is 53.8 Å². The van der Waals surface area contributed by atoms with Gasteiger partial charge in [-0.2, -0.15) is 0 Å². The third kappa shape index (κ3) is 4.57. The van der Waals surface area contributed by atoms with Gasteiger partial charge in [0.05, 0.1) is 28.0 Å². The minimum atomic E-state index is -0.605. The first-order valence-corrected chi connectivity index (χ1v) is 17.1. The fraction of sp³-hybridized carbons (Fsp3) is 0. The van der Waals surface area contributed by atoms with Crippen molar-refractivity contribution < 1.29 is 0 Å². The van der Waals surface area contributed by atoms with Gasteiger partial charge in [-0.3, -0.25) is 9.21 Å². The van der Waals surface area contributed by atoms with E-state index in [0.29, 0.717) is 11.6 Å². The molecule has 0 saturated carbocycles. The van der Waals surface area contributed by atoms with E-state index in [1.165, 1.54) is 0 Å². The van der Waals surface area contributed by atoms with Gasteiger partial charge in [0.2, 0.25) is 5.95 Å². The Hall–Kier alpha value is -6.66. The zero-order valence-corrected chi connectivity index (χ0v) is 27.5. The van der Waals surface area contributed by atoms with Crippen molar-refractivity contribution >= 4 is 38.9 Å². The summed E-state index contributed by atoms with van der Waals surface area (Å²) in [7, 11) is 0. The van der Waals surface area contributed by atoms with Crippen molar-refractivity contribution in [3.05, 3.63) is 187 Å². The monoisotopic (exact) mass is 654 g/mol. The zero-order chi connectivity index (χ0) is 33.9. The summed E-state index contributed by atoms with van der Waals surface area (Å²) < 4.78 is 1.57. The van der Waals surface area contributed by atoms with Gasteiger partial charge in [0.25, 0.3) is 0 Å². The Morgan fingerprint density at radius 2 is 0.961 bits per heavy atom. The van der Waals surface area contributed by atoms with Crippen LogP contribution in [0, 0.1) is 5.21 Å². The predicted molar refractivity (Wildman–Crippen MR) is 209 cm³/mol. The molecule has 0 bridgehead atoms. The maximum Gasteiger partial charge on any atom is 0.235 e. The van der Waals surface area contributed by atoms with E-state index in [0.717, 1.165) is 77.9 Å². The van der Waals surface area contributed by atoms with Crippen LogP contribution in [0.25, 0.3) is 72.5 Å². The first-order valence-electron chi connectivity index (χ1n) is 17.1. The number of aromatic nitrogens is 3. The third-order valence-corrected chi connectivity index (χ3v) is 10.0. The zero-order valence-electron chi connectivity index (χ0n) is 27.5. The fourth-order valence-corrected chi connectivity index (χ4v) is 7.64. The van der Waals surface area contributed by atoms with Gasteiger partial charge in [0.15, 0.2) is 11.4 Å². The van der Waals surface area contributed by atoms with Crippen molar-refractivity contribution in [2.24, 2.45) is 0 Å². The van der Waals surface area contributed by atoms with E-state index in [2.05, 4.69) is 95.6 Å². The molecular weight excluding hydrogens is 625 g/mol. The molecule has 240 valence electrons. The summed E-state index contributed by atoms with van der Waals surface area (Å²) in [5, 5.41) is 17.0. The standard InChI is InChI=1S/C46H30N4O/c51-50(35-18-8-3-9-19-35)44-23-13-11-21-37(44)39-29-34(25-27-45(39)50)33-24-26-43-38(28-33)36-20-10-12-22-42(36)49(43)46-47-40(31-14-4-1-5-15-31)30-41(48-46)32-16-6-2-7-17-32/h1-30H. The highest BCUT2D eigenvalue weighted by molar-refractivity contribution is 6.10. The average Bonchev–Trinajstić information content (AvgIpc) is 3.68. The van der Waals surface area contributed by atoms with E-state index in [1.807, 2.05) is 91.0 Å². The van der Waals surface area contributed by atoms with Crippen molar-refractivity contribution in [2.75, 3.05) is 0 Å². The summed E-state index contributed by atoms with van der Waals surface area (Å²) in [6.07, 6.45) is 0. The number of rotatable bonds is 5.